The fraction of sp³-hybridized carbons (Fsp3) is 0.217. The summed E-state index contributed by atoms with van der Waals surface area (Å²) in [5.41, 5.74) is 6.77. The third kappa shape index (κ3) is 2.90. The molecule has 0 amide bonds. The van der Waals surface area contributed by atoms with Crippen LogP contribution in [0.1, 0.15) is 24.7 Å². The standard InChI is InChI=1S/C23H23N3/c1-3-18-15-16-21(26(18)2)23-20-14-10-6-9-13-19(20)22(24-25-23)17-11-7-4-5-8-12-17/h4-7,9-16,19H,3,8H2,1-2H3. The van der Waals surface area contributed by atoms with Crippen molar-refractivity contribution in [1.82, 2.24) is 4.57 Å². The van der Waals surface area contributed by atoms with Gasteiger partial charge in [0.25, 0.3) is 0 Å². The first-order valence-electron chi connectivity index (χ1n) is 9.19. The molecule has 1 aromatic rings. The van der Waals surface area contributed by atoms with Crippen LogP contribution in [-0.2, 0) is 13.5 Å². The minimum atomic E-state index is 0.117. The Morgan fingerprint density at radius 1 is 1.08 bits per heavy atom. The van der Waals surface area contributed by atoms with Crippen LogP contribution in [-0.4, -0.2) is 16.0 Å². The lowest BCUT2D eigenvalue weighted by Gasteiger charge is -2.24. The summed E-state index contributed by atoms with van der Waals surface area (Å²) in [5.74, 6) is 0.117. The second-order valence-corrected chi connectivity index (χ2v) is 6.61. The van der Waals surface area contributed by atoms with Gasteiger partial charge in [-0.3, -0.25) is 0 Å². The second kappa shape index (κ2) is 7.12. The van der Waals surface area contributed by atoms with E-state index in [4.69, 9.17) is 0 Å². The largest absolute Gasteiger partial charge is 0.346 e. The lowest BCUT2D eigenvalue weighted by molar-refractivity contribution is 0.825. The number of hydrogen-bond acceptors (Lipinski definition) is 2. The van der Waals surface area contributed by atoms with Crippen molar-refractivity contribution in [2.75, 3.05) is 0 Å². The van der Waals surface area contributed by atoms with E-state index in [0.717, 1.165) is 35.5 Å². The maximum atomic E-state index is 4.68. The predicted octanol–water partition coefficient (Wildman–Crippen LogP) is 4.86. The van der Waals surface area contributed by atoms with Crippen LogP contribution in [0.25, 0.3) is 0 Å². The van der Waals surface area contributed by atoms with Crippen molar-refractivity contribution in [3.05, 3.63) is 95.4 Å². The number of rotatable bonds is 3. The number of fused-ring (bicyclic) bond motifs is 1. The molecule has 0 spiro atoms. The van der Waals surface area contributed by atoms with E-state index in [9.17, 15) is 0 Å². The van der Waals surface area contributed by atoms with Gasteiger partial charge < -0.3 is 4.57 Å². The molecule has 0 fully saturated rings. The molecule has 1 unspecified atom stereocenters. The summed E-state index contributed by atoms with van der Waals surface area (Å²) < 4.78 is 2.23. The zero-order valence-corrected chi connectivity index (χ0v) is 15.3. The minimum Gasteiger partial charge on any atom is -0.346 e. The first-order chi connectivity index (χ1) is 12.8. The predicted molar refractivity (Wildman–Crippen MR) is 110 cm³/mol. The molecule has 3 nitrogen and oxygen atoms in total. The summed E-state index contributed by atoms with van der Waals surface area (Å²) >= 11 is 0. The Morgan fingerprint density at radius 2 is 2.00 bits per heavy atom. The average molecular weight is 341 g/mol. The molecule has 1 aliphatic heterocycles. The van der Waals surface area contributed by atoms with Crippen molar-refractivity contribution >= 4 is 11.4 Å². The summed E-state index contributed by atoms with van der Waals surface area (Å²) in [6.07, 6.45) is 23.3. The maximum absolute atomic E-state index is 4.68. The third-order valence-corrected chi connectivity index (χ3v) is 5.09. The number of aryl methyl sites for hydroxylation is 1. The molecule has 3 aliphatic rings. The second-order valence-electron chi connectivity index (χ2n) is 6.61. The highest BCUT2D eigenvalue weighted by molar-refractivity contribution is 6.21. The Bertz CT molecular complexity index is 956. The smallest absolute Gasteiger partial charge is 0.113 e. The van der Waals surface area contributed by atoms with E-state index >= 15 is 0 Å². The first-order valence-corrected chi connectivity index (χ1v) is 9.19. The van der Waals surface area contributed by atoms with Crippen LogP contribution in [0.2, 0.25) is 0 Å². The fourth-order valence-electron chi connectivity index (χ4n) is 3.65. The SMILES string of the molecule is CCc1ccc(C2=NN=C(C3=CCC=CC=C3)C3C=CC=CC=C23)n1C. The van der Waals surface area contributed by atoms with Gasteiger partial charge in [0, 0.05) is 18.7 Å². The summed E-state index contributed by atoms with van der Waals surface area (Å²) in [6.45, 7) is 2.18. The van der Waals surface area contributed by atoms with E-state index in [1.807, 2.05) is 0 Å². The zero-order valence-electron chi connectivity index (χ0n) is 15.3. The van der Waals surface area contributed by atoms with Crippen LogP contribution >= 0.6 is 0 Å². The van der Waals surface area contributed by atoms with E-state index in [1.54, 1.807) is 0 Å². The molecule has 0 saturated carbocycles. The van der Waals surface area contributed by atoms with Crippen molar-refractivity contribution in [2.45, 2.75) is 19.8 Å². The van der Waals surface area contributed by atoms with Gasteiger partial charge in [-0.25, -0.2) is 0 Å². The van der Waals surface area contributed by atoms with Gasteiger partial charge in [-0.05, 0) is 36.1 Å². The molecule has 1 aromatic heterocycles. The first kappa shape index (κ1) is 16.5. The van der Waals surface area contributed by atoms with E-state index in [-0.39, 0.29) is 5.92 Å². The molecular formula is C23H23N3. The molecule has 0 N–H and O–H groups in total. The maximum Gasteiger partial charge on any atom is 0.113 e. The lowest BCUT2D eigenvalue weighted by atomic mass is 9.84. The van der Waals surface area contributed by atoms with E-state index in [1.165, 1.54) is 11.3 Å². The Hall–Kier alpha value is -2.94. The van der Waals surface area contributed by atoms with Crippen LogP contribution < -0.4 is 0 Å². The number of aromatic nitrogens is 1. The van der Waals surface area contributed by atoms with Crippen LogP contribution in [0, 0.1) is 5.92 Å². The van der Waals surface area contributed by atoms with Crippen molar-refractivity contribution in [3.8, 4) is 0 Å². The van der Waals surface area contributed by atoms with E-state index in [0.29, 0.717) is 0 Å². The van der Waals surface area contributed by atoms with Gasteiger partial charge >= 0.3 is 0 Å². The molecule has 1 atom stereocenters. The molecule has 26 heavy (non-hydrogen) atoms. The summed E-state index contributed by atoms with van der Waals surface area (Å²) in [6, 6.07) is 4.33. The van der Waals surface area contributed by atoms with Crippen molar-refractivity contribution in [1.29, 1.82) is 0 Å². The number of nitrogens with zero attached hydrogens (tertiary/aromatic N) is 3. The molecule has 0 radical (unpaired) electrons. The van der Waals surface area contributed by atoms with Gasteiger partial charge in [-0.1, -0.05) is 67.7 Å². The highest BCUT2D eigenvalue weighted by Gasteiger charge is 2.29. The number of allylic oxidation sites excluding steroid dienone is 12. The van der Waals surface area contributed by atoms with Gasteiger partial charge in [0.2, 0.25) is 0 Å². The summed E-state index contributed by atoms with van der Waals surface area (Å²) in [7, 11) is 2.11. The highest BCUT2D eigenvalue weighted by Crippen LogP contribution is 2.30. The average Bonchev–Trinajstić information content (AvgIpc) is 2.89. The molecule has 3 heteroatoms. The van der Waals surface area contributed by atoms with Crippen LogP contribution in [0.4, 0.5) is 0 Å². The Morgan fingerprint density at radius 3 is 2.85 bits per heavy atom. The molecule has 2 heterocycles. The normalized spacial score (nSPS) is 21.4. The minimum absolute atomic E-state index is 0.117. The van der Waals surface area contributed by atoms with E-state index in [2.05, 4.69) is 102 Å². The fourth-order valence-corrected chi connectivity index (χ4v) is 3.65. The monoisotopic (exact) mass is 341 g/mol. The van der Waals surface area contributed by atoms with Crippen LogP contribution in [0.5, 0.6) is 0 Å². The lowest BCUT2D eigenvalue weighted by Crippen LogP contribution is -2.26. The van der Waals surface area contributed by atoms with Crippen molar-refractivity contribution < 1.29 is 0 Å². The molecule has 0 saturated heterocycles. The molecule has 4 rings (SSSR count). The number of hydrogen-bond donors (Lipinski definition) is 0. The molecule has 130 valence electrons. The highest BCUT2D eigenvalue weighted by atomic mass is 15.2. The zero-order chi connectivity index (χ0) is 17.9. The Labute approximate surface area is 154 Å². The van der Waals surface area contributed by atoms with Crippen LogP contribution in [0.3, 0.4) is 0 Å². The third-order valence-electron chi connectivity index (χ3n) is 5.09. The van der Waals surface area contributed by atoms with Gasteiger partial charge in [0.15, 0.2) is 0 Å². The summed E-state index contributed by atoms with van der Waals surface area (Å²) in [4.78, 5) is 0. The van der Waals surface area contributed by atoms with Gasteiger partial charge in [0.05, 0.1) is 11.4 Å². The molecule has 2 aliphatic carbocycles. The molecular weight excluding hydrogens is 318 g/mol. The Kier molecular flexibility index (Phi) is 4.53. The van der Waals surface area contributed by atoms with Crippen LogP contribution in [0.15, 0.2) is 94.2 Å². The van der Waals surface area contributed by atoms with Gasteiger partial charge in [-0.2, -0.15) is 5.10 Å². The summed E-state index contributed by atoms with van der Waals surface area (Å²) in [5, 5.41) is 9.35. The molecule has 0 bridgehead atoms. The van der Waals surface area contributed by atoms with Crippen molar-refractivity contribution in [3.63, 3.8) is 0 Å². The quantitative estimate of drug-likeness (QED) is 0.752. The molecule has 0 aromatic carbocycles. The van der Waals surface area contributed by atoms with Gasteiger partial charge in [-0.15, -0.1) is 5.10 Å². The van der Waals surface area contributed by atoms with E-state index < -0.39 is 0 Å². The Balaban J connectivity index is 1.84. The topological polar surface area (TPSA) is 29.6 Å². The van der Waals surface area contributed by atoms with Crippen molar-refractivity contribution in [2.24, 2.45) is 23.2 Å². The van der Waals surface area contributed by atoms with Gasteiger partial charge in [0.1, 0.15) is 5.71 Å².